The Hall–Kier alpha value is -3.01. The Balaban J connectivity index is 2.48. The Morgan fingerprint density at radius 2 is 1.69 bits per heavy atom. The van der Waals surface area contributed by atoms with Crippen molar-refractivity contribution in [2.45, 2.75) is 6.18 Å². The van der Waals surface area contributed by atoms with E-state index in [0.29, 0.717) is 5.56 Å². The average Bonchev–Trinajstić information content (AvgIpc) is 3.09. The molecule has 0 fully saturated rings. The van der Waals surface area contributed by atoms with Crippen molar-refractivity contribution < 1.29 is 22.8 Å². The molecule has 29 heavy (non-hydrogen) atoms. The smallest absolute Gasteiger partial charge is 0.383 e. The van der Waals surface area contributed by atoms with Crippen molar-refractivity contribution in [1.29, 1.82) is 0 Å². The molecule has 0 aliphatic carbocycles. The maximum atomic E-state index is 12.8. The zero-order valence-electron chi connectivity index (χ0n) is 16.2. The highest BCUT2D eigenvalue weighted by Crippen LogP contribution is 2.33. The molecule has 0 aliphatic heterocycles. The molecule has 1 heterocycles. The quantitative estimate of drug-likeness (QED) is 0.305. The number of halogens is 3. The van der Waals surface area contributed by atoms with Gasteiger partial charge >= 0.3 is 6.18 Å². The van der Waals surface area contributed by atoms with Crippen LogP contribution in [0.1, 0.15) is 25.7 Å². The Morgan fingerprint density at radius 3 is 2.21 bits per heavy atom. The summed E-state index contributed by atoms with van der Waals surface area (Å²) in [4.78, 5) is 36.2. The Morgan fingerprint density at radius 1 is 1.07 bits per heavy atom. The second-order valence-corrected chi connectivity index (χ2v) is 7.43. The van der Waals surface area contributed by atoms with Crippen LogP contribution in [0.15, 0.2) is 41.5 Å². The van der Waals surface area contributed by atoms with Crippen LogP contribution >= 0.6 is 11.3 Å². The number of hydrogen-bond acceptors (Lipinski definition) is 5. The van der Waals surface area contributed by atoms with Crippen LogP contribution in [-0.4, -0.2) is 61.0 Å². The standard InChI is InChI=1S/C19H19F3N4O2S/c1-25(2)10-9-14(27)16-15(17(28)23-11-26(3)4)24-18(29-16)12-5-7-13(8-6-12)19(20,21)22/h5-11H,1-4H3. The SMILES string of the molecule is CN(C)C=CC(=O)c1sc(-c2ccc(C(F)(F)F)cc2)nc1C(=O)N=CN(C)C. The van der Waals surface area contributed by atoms with Crippen molar-refractivity contribution in [2.75, 3.05) is 28.2 Å². The largest absolute Gasteiger partial charge is 0.416 e. The van der Waals surface area contributed by atoms with Gasteiger partial charge in [0.05, 0.1) is 11.9 Å². The average molecular weight is 424 g/mol. The molecule has 2 rings (SSSR count). The van der Waals surface area contributed by atoms with Gasteiger partial charge in [-0.05, 0) is 12.1 Å². The van der Waals surface area contributed by atoms with Crippen molar-refractivity contribution in [1.82, 2.24) is 14.8 Å². The predicted octanol–water partition coefficient (Wildman–Crippen LogP) is 3.82. The number of ketones is 1. The summed E-state index contributed by atoms with van der Waals surface area (Å²) in [5, 5.41) is 0.253. The van der Waals surface area contributed by atoms with Gasteiger partial charge in [-0.2, -0.15) is 18.2 Å². The summed E-state index contributed by atoms with van der Waals surface area (Å²) >= 11 is 0.928. The summed E-state index contributed by atoms with van der Waals surface area (Å²) in [6, 6.07) is 4.36. The van der Waals surface area contributed by atoms with Crippen LogP contribution in [0.5, 0.6) is 0 Å². The van der Waals surface area contributed by atoms with Gasteiger partial charge in [0.1, 0.15) is 9.88 Å². The molecule has 0 unspecified atom stereocenters. The third-order valence-corrected chi connectivity index (χ3v) is 4.56. The zero-order chi connectivity index (χ0) is 21.8. The number of hydrogen-bond donors (Lipinski definition) is 0. The lowest BCUT2D eigenvalue weighted by Crippen LogP contribution is -2.11. The van der Waals surface area contributed by atoms with Crippen molar-refractivity contribution in [3.05, 3.63) is 52.7 Å². The highest BCUT2D eigenvalue weighted by atomic mass is 32.1. The molecule has 1 aromatic carbocycles. The van der Waals surface area contributed by atoms with Gasteiger partial charge < -0.3 is 9.80 Å². The zero-order valence-corrected chi connectivity index (χ0v) is 17.0. The van der Waals surface area contributed by atoms with Crippen molar-refractivity contribution >= 4 is 29.4 Å². The number of carbonyl (C=O) groups is 2. The second-order valence-electron chi connectivity index (χ2n) is 6.43. The van der Waals surface area contributed by atoms with Crippen molar-refractivity contribution in [3.63, 3.8) is 0 Å². The number of carbonyl (C=O) groups excluding carboxylic acids is 2. The molecule has 0 N–H and O–H groups in total. The van der Waals surface area contributed by atoms with Crippen LogP contribution in [0.3, 0.4) is 0 Å². The first-order valence-corrected chi connectivity index (χ1v) is 9.13. The van der Waals surface area contributed by atoms with Gasteiger partial charge in [0.15, 0.2) is 11.5 Å². The molecule has 2 aromatic rings. The molecule has 0 bridgehead atoms. The third-order valence-electron chi connectivity index (χ3n) is 3.44. The number of aromatic nitrogens is 1. The van der Waals surface area contributed by atoms with E-state index in [2.05, 4.69) is 9.98 Å². The maximum Gasteiger partial charge on any atom is 0.416 e. The lowest BCUT2D eigenvalue weighted by Gasteiger charge is -2.06. The van der Waals surface area contributed by atoms with E-state index < -0.39 is 23.4 Å². The number of nitrogens with zero attached hydrogens (tertiary/aromatic N) is 4. The highest BCUT2D eigenvalue weighted by molar-refractivity contribution is 7.17. The van der Waals surface area contributed by atoms with Crippen molar-refractivity contribution in [2.24, 2.45) is 4.99 Å². The van der Waals surface area contributed by atoms with E-state index in [1.54, 1.807) is 38.0 Å². The number of rotatable bonds is 6. The molecule has 0 atom stereocenters. The summed E-state index contributed by atoms with van der Waals surface area (Å²) in [6.45, 7) is 0. The molecule has 1 aromatic heterocycles. The third kappa shape index (κ3) is 5.98. The number of benzene rings is 1. The number of aliphatic imine (C=N–C) groups is 1. The van der Waals surface area contributed by atoms with E-state index in [1.807, 2.05) is 0 Å². The van der Waals surface area contributed by atoms with Crippen molar-refractivity contribution in [3.8, 4) is 10.6 Å². The first kappa shape index (κ1) is 22.3. The summed E-state index contributed by atoms with van der Waals surface area (Å²) < 4.78 is 38.3. The van der Waals surface area contributed by atoms with E-state index in [9.17, 15) is 22.8 Å². The van der Waals surface area contributed by atoms with Gasteiger partial charge in [0, 0.05) is 46.0 Å². The fourth-order valence-electron chi connectivity index (χ4n) is 2.08. The normalized spacial score (nSPS) is 12.0. The molecule has 0 radical (unpaired) electrons. The minimum atomic E-state index is -4.46. The predicted molar refractivity (Wildman–Crippen MR) is 106 cm³/mol. The van der Waals surface area contributed by atoms with Crippen LogP contribution in [0.25, 0.3) is 10.6 Å². The van der Waals surface area contributed by atoms with E-state index in [4.69, 9.17) is 0 Å². The lowest BCUT2D eigenvalue weighted by atomic mass is 10.1. The first-order valence-electron chi connectivity index (χ1n) is 8.31. The van der Waals surface area contributed by atoms with E-state index in [1.165, 1.54) is 30.7 Å². The van der Waals surface area contributed by atoms with E-state index >= 15 is 0 Å². The monoisotopic (exact) mass is 424 g/mol. The van der Waals surface area contributed by atoms with Gasteiger partial charge in [-0.1, -0.05) is 12.1 Å². The molecule has 0 saturated heterocycles. The topological polar surface area (TPSA) is 65.9 Å². The highest BCUT2D eigenvalue weighted by Gasteiger charge is 2.30. The number of thiazole rings is 1. The molecular formula is C19H19F3N4O2S. The van der Waals surface area contributed by atoms with Gasteiger partial charge in [-0.15, -0.1) is 11.3 Å². The van der Waals surface area contributed by atoms with Crippen LogP contribution in [0.4, 0.5) is 13.2 Å². The molecule has 6 nitrogen and oxygen atoms in total. The van der Waals surface area contributed by atoms with Gasteiger partial charge in [0.25, 0.3) is 5.91 Å². The van der Waals surface area contributed by atoms with Crippen LogP contribution in [-0.2, 0) is 6.18 Å². The number of alkyl halides is 3. The summed E-state index contributed by atoms with van der Waals surface area (Å²) in [5.74, 6) is -1.16. The lowest BCUT2D eigenvalue weighted by molar-refractivity contribution is -0.137. The molecule has 0 aliphatic rings. The Bertz CT molecular complexity index is 898. The molecule has 0 spiro atoms. The molecule has 10 heteroatoms. The summed E-state index contributed by atoms with van der Waals surface area (Å²) in [7, 11) is 6.82. The van der Waals surface area contributed by atoms with Crippen LogP contribution in [0, 0.1) is 0 Å². The van der Waals surface area contributed by atoms with E-state index in [0.717, 1.165) is 23.5 Å². The van der Waals surface area contributed by atoms with Crippen LogP contribution < -0.4 is 0 Å². The molecule has 1 amide bonds. The fourth-order valence-corrected chi connectivity index (χ4v) is 3.06. The Labute approximate surface area is 170 Å². The maximum absolute atomic E-state index is 12.8. The van der Waals surface area contributed by atoms with Gasteiger partial charge in [-0.25, -0.2) is 4.98 Å². The molecule has 0 saturated carbocycles. The van der Waals surface area contributed by atoms with Gasteiger partial charge in [-0.3, -0.25) is 9.59 Å². The van der Waals surface area contributed by atoms with E-state index in [-0.39, 0.29) is 15.6 Å². The number of allylic oxidation sites excluding steroid dienone is 1. The minimum Gasteiger partial charge on any atom is -0.383 e. The molecular weight excluding hydrogens is 405 g/mol. The second kappa shape index (κ2) is 8.99. The summed E-state index contributed by atoms with van der Waals surface area (Å²) in [5.41, 5.74) is -0.574. The first-order chi connectivity index (χ1) is 13.5. The minimum absolute atomic E-state index is 0.0684. The summed E-state index contributed by atoms with van der Waals surface area (Å²) in [6.07, 6.45) is -0.362. The molecule has 154 valence electrons. The number of amides is 1. The van der Waals surface area contributed by atoms with Crippen LogP contribution in [0.2, 0.25) is 0 Å². The van der Waals surface area contributed by atoms with Gasteiger partial charge in [0.2, 0.25) is 0 Å². The fraction of sp³-hybridized carbons (Fsp3) is 0.263. The Kier molecular flexibility index (Phi) is 6.91.